The van der Waals surface area contributed by atoms with Crippen molar-refractivity contribution in [3.05, 3.63) is 42.0 Å². The predicted octanol–water partition coefficient (Wildman–Crippen LogP) is 3.51. The Balaban J connectivity index is 1.81. The van der Waals surface area contributed by atoms with Gasteiger partial charge < -0.3 is 20.5 Å². The summed E-state index contributed by atoms with van der Waals surface area (Å²) < 4.78 is 6.01. The molecule has 0 aromatic heterocycles. The summed E-state index contributed by atoms with van der Waals surface area (Å²) in [4.78, 5) is 12.4. The van der Waals surface area contributed by atoms with Gasteiger partial charge in [0.2, 0.25) is 0 Å². The molecule has 5 heteroatoms. The van der Waals surface area contributed by atoms with Gasteiger partial charge in [-0.3, -0.25) is 0 Å². The Morgan fingerprint density at radius 3 is 2.96 bits per heavy atom. The zero-order valence-corrected chi connectivity index (χ0v) is 14.6. The Morgan fingerprint density at radius 2 is 2.16 bits per heavy atom. The SMILES string of the molecule is CCC(CCO)NC(=O)NC1CCCOc2c1ccc1ccccc21. The second-order valence-corrected chi connectivity index (χ2v) is 6.48. The fourth-order valence-corrected chi connectivity index (χ4v) is 3.38. The van der Waals surface area contributed by atoms with Crippen molar-refractivity contribution in [3.63, 3.8) is 0 Å². The van der Waals surface area contributed by atoms with Crippen LogP contribution in [0, 0.1) is 0 Å². The fourth-order valence-electron chi connectivity index (χ4n) is 3.38. The van der Waals surface area contributed by atoms with Crippen LogP contribution >= 0.6 is 0 Å². The van der Waals surface area contributed by atoms with Crippen LogP contribution in [0.1, 0.15) is 44.2 Å². The van der Waals surface area contributed by atoms with Crippen molar-refractivity contribution in [1.82, 2.24) is 10.6 Å². The van der Waals surface area contributed by atoms with Crippen LogP contribution in [0.2, 0.25) is 0 Å². The Bertz CT molecular complexity index is 732. The number of rotatable bonds is 5. The number of aliphatic hydroxyl groups is 1. The number of fused-ring (bicyclic) bond motifs is 3. The lowest BCUT2D eigenvalue weighted by molar-refractivity contribution is 0.224. The molecule has 2 atom stereocenters. The first-order chi connectivity index (χ1) is 12.2. The van der Waals surface area contributed by atoms with Crippen LogP contribution in [-0.4, -0.2) is 30.4 Å². The van der Waals surface area contributed by atoms with Crippen molar-refractivity contribution >= 4 is 16.8 Å². The third-order valence-corrected chi connectivity index (χ3v) is 4.78. The average molecular weight is 342 g/mol. The van der Waals surface area contributed by atoms with Gasteiger partial charge in [-0.05, 0) is 31.1 Å². The van der Waals surface area contributed by atoms with E-state index in [0.29, 0.717) is 13.0 Å². The van der Waals surface area contributed by atoms with Crippen molar-refractivity contribution in [2.45, 2.75) is 44.7 Å². The Kier molecular flexibility index (Phi) is 5.76. The van der Waals surface area contributed by atoms with Crippen LogP contribution < -0.4 is 15.4 Å². The van der Waals surface area contributed by atoms with Gasteiger partial charge in [0.1, 0.15) is 5.75 Å². The topological polar surface area (TPSA) is 70.6 Å². The number of aliphatic hydroxyl groups excluding tert-OH is 1. The molecule has 25 heavy (non-hydrogen) atoms. The molecule has 0 bridgehead atoms. The molecular formula is C20H26N2O3. The second kappa shape index (κ2) is 8.21. The lowest BCUT2D eigenvalue weighted by Crippen LogP contribution is -2.43. The minimum absolute atomic E-state index is 0.0110. The summed E-state index contributed by atoms with van der Waals surface area (Å²) in [5, 5.41) is 17.3. The number of hydrogen-bond donors (Lipinski definition) is 3. The summed E-state index contributed by atoms with van der Waals surface area (Å²) in [7, 11) is 0. The van der Waals surface area contributed by atoms with Gasteiger partial charge in [0.25, 0.3) is 0 Å². The number of nitrogens with one attached hydrogen (secondary N) is 2. The van der Waals surface area contributed by atoms with E-state index in [2.05, 4.69) is 34.9 Å². The maximum absolute atomic E-state index is 12.4. The minimum atomic E-state index is -0.189. The fraction of sp³-hybridized carbons (Fsp3) is 0.450. The molecule has 2 aromatic rings. The van der Waals surface area contributed by atoms with Crippen molar-refractivity contribution in [1.29, 1.82) is 0 Å². The molecule has 0 spiro atoms. The summed E-state index contributed by atoms with van der Waals surface area (Å²) in [5.41, 5.74) is 1.03. The molecule has 1 heterocycles. The van der Waals surface area contributed by atoms with Crippen LogP contribution in [0.4, 0.5) is 4.79 Å². The van der Waals surface area contributed by atoms with Gasteiger partial charge in [-0.1, -0.05) is 43.3 Å². The molecule has 0 saturated heterocycles. The van der Waals surface area contributed by atoms with E-state index in [-0.39, 0.29) is 24.7 Å². The molecule has 5 nitrogen and oxygen atoms in total. The maximum Gasteiger partial charge on any atom is 0.315 e. The number of benzene rings is 2. The van der Waals surface area contributed by atoms with Crippen LogP contribution in [0.5, 0.6) is 5.75 Å². The van der Waals surface area contributed by atoms with E-state index < -0.39 is 0 Å². The van der Waals surface area contributed by atoms with E-state index in [1.165, 1.54) is 0 Å². The van der Waals surface area contributed by atoms with E-state index in [0.717, 1.165) is 41.3 Å². The highest BCUT2D eigenvalue weighted by Crippen LogP contribution is 2.37. The Labute approximate surface area is 148 Å². The minimum Gasteiger partial charge on any atom is -0.493 e. The number of urea groups is 1. The molecule has 0 fully saturated rings. The van der Waals surface area contributed by atoms with Gasteiger partial charge in [-0.2, -0.15) is 0 Å². The third-order valence-electron chi connectivity index (χ3n) is 4.78. The molecule has 0 radical (unpaired) electrons. The highest BCUT2D eigenvalue weighted by molar-refractivity contribution is 5.90. The third kappa shape index (κ3) is 4.04. The van der Waals surface area contributed by atoms with E-state index in [1.807, 2.05) is 19.1 Å². The monoisotopic (exact) mass is 342 g/mol. The molecule has 2 amide bonds. The van der Waals surface area contributed by atoms with Crippen molar-refractivity contribution in [2.75, 3.05) is 13.2 Å². The zero-order chi connectivity index (χ0) is 17.6. The van der Waals surface area contributed by atoms with Gasteiger partial charge in [0.05, 0.1) is 12.6 Å². The van der Waals surface area contributed by atoms with E-state index in [9.17, 15) is 4.79 Å². The van der Waals surface area contributed by atoms with Crippen LogP contribution in [0.25, 0.3) is 10.8 Å². The van der Waals surface area contributed by atoms with Gasteiger partial charge in [-0.25, -0.2) is 4.79 Å². The first-order valence-electron chi connectivity index (χ1n) is 9.05. The van der Waals surface area contributed by atoms with Gasteiger partial charge in [0, 0.05) is 23.6 Å². The average Bonchev–Trinajstić information content (AvgIpc) is 2.84. The smallest absolute Gasteiger partial charge is 0.315 e. The molecular weight excluding hydrogens is 316 g/mol. The predicted molar refractivity (Wildman–Crippen MR) is 98.9 cm³/mol. The summed E-state index contributed by atoms with van der Waals surface area (Å²) in [6.07, 6.45) is 3.10. The van der Waals surface area contributed by atoms with Crippen molar-refractivity contribution in [3.8, 4) is 5.75 Å². The van der Waals surface area contributed by atoms with Gasteiger partial charge >= 0.3 is 6.03 Å². The molecule has 3 rings (SSSR count). The quantitative estimate of drug-likeness (QED) is 0.779. The number of carbonyl (C=O) groups excluding carboxylic acids is 1. The van der Waals surface area contributed by atoms with Crippen molar-refractivity contribution < 1.29 is 14.6 Å². The first kappa shape index (κ1) is 17.5. The standard InChI is InChI=1S/C20H26N2O3/c1-2-15(11-12-23)21-20(24)22-18-8-5-13-25-19-16-7-4-3-6-14(16)9-10-17(18)19/h3-4,6-7,9-10,15,18,23H,2,5,8,11-13H2,1H3,(H2,21,22,24). The molecule has 2 unspecified atom stereocenters. The number of carbonyl (C=O) groups is 1. The van der Waals surface area contributed by atoms with E-state index in [1.54, 1.807) is 0 Å². The highest BCUT2D eigenvalue weighted by atomic mass is 16.5. The second-order valence-electron chi connectivity index (χ2n) is 6.48. The largest absolute Gasteiger partial charge is 0.493 e. The summed E-state index contributed by atoms with van der Waals surface area (Å²) in [6.45, 7) is 2.73. The van der Waals surface area contributed by atoms with Crippen LogP contribution in [0.3, 0.4) is 0 Å². The van der Waals surface area contributed by atoms with Crippen LogP contribution in [0.15, 0.2) is 36.4 Å². The number of amides is 2. The molecule has 3 N–H and O–H groups in total. The number of hydrogen-bond acceptors (Lipinski definition) is 3. The van der Waals surface area contributed by atoms with E-state index >= 15 is 0 Å². The molecule has 0 aliphatic carbocycles. The van der Waals surface area contributed by atoms with Gasteiger partial charge in [-0.15, -0.1) is 0 Å². The first-order valence-corrected chi connectivity index (χ1v) is 9.05. The van der Waals surface area contributed by atoms with E-state index in [4.69, 9.17) is 9.84 Å². The molecule has 0 saturated carbocycles. The summed E-state index contributed by atoms with van der Waals surface area (Å²) >= 11 is 0. The Morgan fingerprint density at radius 1 is 1.32 bits per heavy atom. The summed E-state index contributed by atoms with van der Waals surface area (Å²) in [5.74, 6) is 0.878. The molecule has 1 aliphatic heterocycles. The molecule has 134 valence electrons. The van der Waals surface area contributed by atoms with Crippen molar-refractivity contribution in [2.24, 2.45) is 0 Å². The highest BCUT2D eigenvalue weighted by Gasteiger charge is 2.23. The number of ether oxygens (including phenoxy) is 1. The van der Waals surface area contributed by atoms with Gasteiger partial charge in [0.15, 0.2) is 0 Å². The maximum atomic E-state index is 12.4. The Hall–Kier alpha value is -2.27. The molecule has 1 aliphatic rings. The zero-order valence-electron chi connectivity index (χ0n) is 14.6. The molecule has 2 aromatic carbocycles. The lowest BCUT2D eigenvalue weighted by atomic mass is 9.98. The summed E-state index contributed by atoms with van der Waals surface area (Å²) in [6, 6.07) is 12.0. The van der Waals surface area contributed by atoms with Crippen LogP contribution in [-0.2, 0) is 0 Å². The lowest BCUT2D eigenvalue weighted by Gasteiger charge is -2.22. The normalized spacial score (nSPS) is 17.9.